The third kappa shape index (κ3) is 1.99. The van der Waals surface area contributed by atoms with E-state index in [2.05, 4.69) is 0 Å². The second-order valence-corrected chi connectivity index (χ2v) is 3.35. The van der Waals surface area contributed by atoms with Crippen molar-refractivity contribution in [2.45, 2.75) is 13.0 Å². The number of esters is 1. The molecule has 0 aliphatic heterocycles. The Bertz CT molecular complexity index is 430. The minimum atomic E-state index is -0.302. The Morgan fingerprint density at radius 2 is 2.20 bits per heavy atom. The maximum absolute atomic E-state index is 11.3. The number of allylic oxidation sites excluding steroid dienone is 1. The molecule has 1 aliphatic carbocycles. The van der Waals surface area contributed by atoms with Crippen LogP contribution in [0.25, 0.3) is 6.08 Å². The van der Waals surface area contributed by atoms with E-state index in [0.717, 1.165) is 11.1 Å². The zero-order chi connectivity index (χ0) is 10.7. The topological polar surface area (TPSA) is 26.3 Å². The first-order valence-electron chi connectivity index (χ1n) is 4.91. The number of rotatable bonds is 2. The summed E-state index contributed by atoms with van der Waals surface area (Å²) in [5.41, 5.74) is 2.17. The van der Waals surface area contributed by atoms with Gasteiger partial charge in [-0.25, -0.2) is 4.79 Å². The van der Waals surface area contributed by atoms with Crippen LogP contribution in [0.2, 0.25) is 0 Å². The molecule has 0 saturated carbocycles. The molecule has 2 heteroatoms. The summed E-state index contributed by atoms with van der Waals surface area (Å²) < 4.78 is 5.27. The molecular weight excluding hydrogens is 188 g/mol. The Labute approximate surface area is 88.9 Å². The highest BCUT2D eigenvalue weighted by Gasteiger charge is 2.19. The number of benzene rings is 1. The van der Waals surface area contributed by atoms with Crippen molar-refractivity contribution >= 4 is 12.0 Å². The summed E-state index contributed by atoms with van der Waals surface area (Å²) in [5.74, 6) is -0.302. The van der Waals surface area contributed by atoms with Crippen LogP contribution in [-0.4, -0.2) is 5.97 Å². The molecule has 1 aromatic carbocycles. The van der Waals surface area contributed by atoms with Crippen molar-refractivity contribution < 1.29 is 9.53 Å². The normalized spacial score (nSPS) is 18.1. The van der Waals surface area contributed by atoms with Crippen LogP contribution in [0, 0.1) is 0 Å². The predicted molar refractivity (Wildman–Crippen MR) is 59.1 cm³/mol. The minimum Gasteiger partial charge on any atom is -0.450 e. The molecule has 0 radical (unpaired) electrons. The summed E-state index contributed by atoms with van der Waals surface area (Å²) in [6, 6.07) is 7.90. The number of hydrogen-bond acceptors (Lipinski definition) is 2. The van der Waals surface area contributed by atoms with Gasteiger partial charge in [0.1, 0.15) is 6.10 Å². The SMILES string of the molecule is C/C=C/C(=O)OC1C=Cc2ccccc21. The Balaban J connectivity index is 2.15. The number of carbonyl (C=O) groups excluding carboxylic acids is 1. The molecule has 1 atom stereocenters. The zero-order valence-corrected chi connectivity index (χ0v) is 8.51. The summed E-state index contributed by atoms with van der Waals surface area (Å²) >= 11 is 0. The Morgan fingerprint density at radius 1 is 1.40 bits per heavy atom. The standard InChI is InChI=1S/C13H12O2/c1-2-5-13(14)15-12-9-8-10-6-3-4-7-11(10)12/h2-9,12H,1H3/b5-2+. The van der Waals surface area contributed by atoms with Crippen LogP contribution in [0.1, 0.15) is 24.2 Å². The smallest absolute Gasteiger partial charge is 0.331 e. The van der Waals surface area contributed by atoms with E-state index in [4.69, 9.17) is 4.74 Å². The summed E-state index contributed by atoms with van der Waals surface area (Å²) in [5, 5.41) is 0. The molecule has 0 fully saturated rings. The number of ether oxygens (including phenoxy) is 1. The van der Waals surface area contributed by atoms with Crippen molar-refractivity contribution in [1.29, 1.82) is 0 Å². The van der Waals surface area contributed by atoms with Gasteiger partial charge in [-0.05, 0) is 18.6 Å². The Hall–Kier alpha value is -1.83. The highest BCUT2D eigenvalue weighted by Crippen LogP contribution is 2.30. The van der Waals surface area contributed by atoms with Crippen LogP contribution < -0.4 is 0 Å². The lowest BCUT2D eigenvalue weighted by atomic mass is 10.1. The van der Waals surface area contributed by atoms with Gasteiger partial charge in [0.15, 0.2) is 0 Å². The molecule has 1 aliphatic rings. The largest absolute Gasteiger partial charge is 0.450 e. The molecule has 0 amide bonds. The monoisotopic (exact) mass is 200 g/mol. The van der Waals surface area contributed by atoms with E-state index in [9.17, 15) is 4.79 Å². The van der Waals surface area contributed by atoms with Gasteiger partial charge in [-0.1, -0.05) is 36.4 Å². The quantitative estimate of drug-likeness (QED) is 0.542. The van der Waals surface area contributed by atoms with Crippen molar-refractivity contribution in [2.24, 2.45) is 0 Å². The fourth-order valence-corrected chi connectivity index (χ4v) is 1.62. The summed E-state index contributed by atoms with van der Waals surface area (Å²) in [6.07, 6.45) is 6.74. The van der Waals surface area contributed by atoms with Crippen molar-refractivity contribution in [3.8, 4) is 0 Å². The van der Waals surface area contributed by atoms with Gasteiger partial charge >= 0.3 is 5.97 Å². The molecule has 1 unspecified atom stereocenters. The van der Waals surface area contributed by atoms with Crippen LogP contribution in [-0.2, 0) is 9.53 Å². The molecule has 76 valence electrons. The van der Waals surface area contributed by atoms with Crippen LogP contribution in [0.15, 0.2) is 42.5 Å². The van der Waals surface area contributed by atoms with E-state index in [1.54, 1.807) is 13.0 Å². The highest BCUT2D eigenvalue weighted by molar-refractivity contribution is 5.82. The van der Waals surface area contributed by atoms with E-state index >= 15 is 0 Å². The van der Waals surface area contributed by atoms with E-state index in [0.29, 0.717) is 0 Å². The zero-order valence-electron chi connectivity index (χ0n) is 8.51. The van der Waals surface area contributed by atoms with Crippen molar-refractivity contribution in [2.75, 3.05) is 0 Å². The molecule has 2 nitrogen and oxygen atoms in total. The van der Waals surface area contributed by atoms with Crippen LogP contribution >= 0.6 is 0 Å². The van der Waals surface area contributed by atoms with E-state index in [-0.39, 0.29) is 12.1 Å². The van der Waals surface area contributed by atoms with Gasteiger partial charge < -0.3 is 4.74 Å². The number of carbonyl (C=O) groups is 1. The first-order valence-corrected chi connectivity index (χ1v) is 4.91. The fourth-order valence-electron chi connectivity index (χ4n) is 1.62. The molecule has 0 spiro atoms. The van der Waals surface area contributed by atoms with Crippen molar-refractivity contribution in [3.63, 3.8) is 0 Å². The third-order valence-corrected chi connectivity index (χ3v) is 2.30. The summed E-state index contributed by atoms with van der Waals surface area (Å²) in [6.45, 7) is 1.79. The average molecular weight is 200 g/mol. The van der Waals surface area contributed by atoms with E-state index in [1.807, 2.05) is 36.4 Å². The lowest BCUT2D eigenvalue weighted by Gasteiger charge is -2.10. The first-order chi connectivity index (χ1) is 7.31. The molecular formula is C13H12O2. The molecule has 0 N–H and O–H groups in total. The fraction of sp³-hybridized carbons (Fsp3) is 0.154. The second kappa shape index (κ2) is 4.13. The Kier molecular flexibility index (Phi) is 2.68. The number of hydrogen-bond donors (Lipinski definition) is 0. The lowest BCUT2D eigenvalue weighted by molar-refractivity contribution is -0.141. The van der Waals surface area contributed by atoms with E-state index in [1.165, 1.54) is 6.08 Å². The molecule has 0 aromatic heterocycles. The number of fused-ring (bicyclic) bond motifs is 1. The first kappa shape index (κ1) is 9.71. The highest BCUT2D eigenvalue weighted by atomic mass is 16.5. The summed E-state index contributed by atoms with van der Waals surface area (Å²) in [4.78, 5) is 11.3. The predicted octanol–water partition coefficient (Wildman–Crippen LogP) is 2.87. The lowest BCUT2D eigenvalue weighted by Crippen LogP contribution is -2.05. The van der Waals surface area contributed by atoms with Gasteiger partial charge in [-0.2, -0.15) is 0 Å². The van der Waals surface area contributed by atoms with Crippen LogP contribution in [0.4, 0.5) is 0 Å². The van der Waals surface area contributed by atoms with Crippen molar-refractivity contribution in [1.82, 2.24) is 0 Å². The van der Waals surface area contributed by atoms with Crippen LogP contribution in [0.3, 0.4) is 0 Å². The van der Waals surface area contributed by atoms with Gasteiger partial charge in [0.05, 0.1) is 0 Å². The van der Waals surface area contributed by atoms with Gasteiger partial charge in [0.25, 0.3) is 0 Å². The van der Waals surface area contributed by atoms with Gasteiger partial charge in [-0.3, -0.25) is 0 Å². The second-order valence-electron chi connectivity index (χ2n) is 3.35. The molecule has 0 saturated heterocycles. The Morgan fingerprint density at radius 3 is 3.00 bits per heavy atom. The summed E-state index contributed by atoms with van der Waals surface area (Å²) in [7, 11) is 0. The maximum Gasteiger partial charge on any atom is 0.331 e. The van der Waals surface area contributed by atoms with Gasteiger partial charge in [0, 0.05) is 11.6 Å². The maximum atomic E-state index is 11.3. The van der Waals surface area contributed by atoms with Gasteiger partial charge in [0.2, 0.25) is 0 Å². The van der Waals surface area contributed by atoms with E-state index < -0.39 is 0 Å². The average Bonchev–Trinajstić information content (AvgIpc) is 2.62. The minimum absolute atomic E-state index is 0.232. The molecule has 0 heterocycles. The molecule has 15 heavy (non-hydrogen) atoms. The van der Waals surface area contributed by atoms with Crippen LogP contribution in [0.5, 0.6) is 0 Å². The van der Waals surface area contributed by atoms with Gasteiger partial charge in [-0.15, -0.1) is 0 Å². The molecule has 2 rings (SSSR count). The molecule has 0 bridgehead atoms. The van der Waals surface area contributed by atoms with Crippen molar-refractivity contribution in [3.05, 3.63) is 53.6 Å². The molecule has 1 aromatic rings. The third-order valence-electron chi connectivity index (χ3n) is 2.30.